The highest BCUT2D eigenvalue weighted by atomic mass is 35.5. The van der Waals surface area contributed by atoms with Crippen LogP contribution in [0.25, 0.3) is 0 Å². The van der Waals surface area contributed by atoms with Crippen LogP contribution < -0.4 is 4.74 Å². The van der Waals surface area contributed by atoms with Gasteiger partial charge in [-0.2, -0.15) is 0 Å². The van der Waals surface area contributed by atoms with Gasteiger partial charge in [-0.3, -0.25) is 0 Å². The molecule has 0 fully saturated rings. The van der Waals surface area contributed by atoms with Gasteiger partial charge in [0.05, 0.1) is 12.7 Å². The van der Waals surface area contributed by atoms with E-state index in [9.17, 15) is 5.11 Å². The number of aliphatic hydroxyl groups is 1. The Morgan fingerprint density at radius 1 is 1.05 bits per heavy atom. The third-order valence-corrected chi connectivity index (χ3v) is 3.53. The van der Waals surface area contributed by atoms with Crippen LogP contribution in [-0.4, -0.2) is 17.8 Å². The van der Waals surface area contributed by atoms with Crippen molar-refractivity contribution >= 4 is 23.2 Å². The molecule has 1 unspecified atom stereocenters. The maximum absolute atomic E-state index is 10.0. The lowest BCUT2D eigenvalue weighted by Gasteiger charge is -2.13. The fourth-order valence-electron chi connectivity index (χ4n) is 1.89. The number of ether oxygens (including phenoxy) is 1. The lowest BCUT2D eigenvalue weighted by Crippen LogP contribution is -2.15. The van der Waals surface area contributed by atoms with Gasteiger partial charge in [-0.1, -0.05) is 41.4 Å². The van der Waals surface area contributed by atoms with E-state index in [2.05, 4.69) is 0 Å². The van der Waals surface area contributed by atoms with E-state index < -0.39 is 6.10 Å². The average Bonchev–Trinajstić information content (AvgIpc) is 2.44. The zero-order valence-electron chi connectivity index (χ0n) is 10.9. The topological polar surface area (TPSA) is 29.5 Å². The van der Waals surface area contributed by atoms with Crippen molar-refractivity contribution in [2.24, 2.45) is 0 Å². The Labute approximate surface area is 128 Å². The van der Waals surface area contributed by atoms with Crippen LogP contribution in [0.2, 0.25) is 10.0 Å². The molecule has 106 valence electrons. The van der Waals surface area contributed by atoms with Crippen molar-refractivity contribution in [3.05, 3.63) is 64.1 Å². The summed E-state index contributed by atoms with van der Waals surface area (Å²) in [6, 6.07) is 14.8. The number of halogens is 2. The molecule has 0 spiro atoms. The average molecular weight is 311 g/mol. The Balaban J connectivity index is 1.80. The Morgan fingerprint density at radius 2 is 1.80 bits per heavy atom. The van der Waals surface area contributed by atoms with Gasteiger partial charge in [0.25, 0.3) is 0 Å². The summed E-state index contributed by atoms with van der Waals surface area (Å²) >= 11 is 12.0. The lowest BCUT2D eigenvalue weighted by molar-refractivity contribution is 0.139. The van der Waals surface area contributed by atoms with Crippen molar-refractivity contribution in [3.8, 4) is 5.75 Å². The highest BCUT2D eigenvalue weighted by Crippen LogP contribution is 2.22. The molecule has 1 N–H and O–H groups in total. The maximum atomic E-state index is 10.0. The number of para-hydroxylation sites is 1. The van der Waals surface area contributed by atoms with E-state index in [0.717, 1.165) is 11.3 Å². The molecular weight excluding hydrogens is 295 g/mol. The molecule has 0 saturated carbocycles. The first kappa shape index (κ1) is 15.2. The van der Waals surface area contributed by atoms with Crippen molar-refractivity contribution in [1.82, 2.24) is 0 Å². The molecule has 0 aliphatic heterocycles. The molecule has 4 heteroatoms. The van der Waals surface area contributed by atoms with Gasteiger partial charge < -0.3 is 9.84 Å². The molecule has 2 aromatic carbocycles. The third-order valence-electron chi connectivity index (χ3n) is 2.93. The summed E-state index contributed by atoms with van der Waals surface area (Å²) < 4.78 is 5.55. The van der Waals surface area contributed by atoms with Crippen LogP contribution in [0, 0.1) is 0 Å². The first-order valence-electron chi connectivity index (χ1n) is 6.45. The molecule has 0 aliphatic rings. The Morgan fingerprint density at radius 3 is 2.55 bits per heavy atom. The fourth-order valence-corrected chi connectivity index (χ4v) is 2.27. The molecule has 2 aromatic rings. The van der Waals surface area contributed by atoms with Gasteiger partial charge >= 0.3 is 0 Å². The zero-order chi connectivity index (χ0) is 14.4. The van der Waals surface area contributed by atoms with E-state index in [4.69, 9.17) is 27.9 Å². The van der Waals surface area contributed by atoms with Gasteiger partial charge in [0.1, 0.15) is 5.75 Å². The highest BCUT2D eigenvalue weighted by molar-refractivity contribution is 6.33. The third kappa shape index (κ3) is 4.71. The minimum absolute atomic E-state index is 0.462. The molecule has 2 rings (SSSR count). The van der Waals surface area contributed by atoms with Crippen molar-refractivity contribution in [2.75, 3.05) is 6.61 Å². The minimum Gasteiger partial charge on any atom is -0.493 e. The predicted molar refractivity (Wildman–Crippen MR) is 82.7 cm³/mol. The van der Waals surface area contributed by atoms with E-state index in [1.807, 2.05) is 30.3 Å². The number of aliphatic hydroxyl groups excluding tert-OH is 1. The Bertz CT molecular complexity index is 543. The van der Waals surface area contributed by atoms with Gasteiger partial charge in [-0.15, -0.1) is 0 Å². The first-order valence-corrected chi connectivity index (χ1v) is 7.20. The van der Waals surface area contributed by atoms with Crippen LogP contribution in [-0.2, 0) is 6.42 Å². The molecule has 20 heavy (non-hydrogen) atoms. The standard InChI is InChI=1S/C16H16Cl2O2/c17-13-6-7-16(18)12(10-13)11-14(19)8-9-20-15-4-2-1-3-5-15/h1-7,10,14,19H,8-9,11H2. The zero-order valence-corrected chi connectivity index (χ0v) is 12.4. The van der Waals surface area contributed by atoms with Crippen molar-refractivity contribution in [2.45, 2.75) is 18.9 Å². The van der Waals surface area contributed by atoms with E-state index in [0.29, 0.717) is 29.5 Å². The van der Waals surface area contributed by atoms with Gasteiger partial charge in [0, 0.05) is 16.5 Å². The molecule has 0 bridgehead atoms. The minimum atomic E-state index is -0.505. The molecule has 0 amide bonds. The summed E-state index contributed by atoms with van der Waals surface area (Å²) in [6.07, 6.45) is 0.504. The number of hydrogen-bond acceptors (Lipinski definition) is 2. The molecule has 1 atom stereocenters. The van der Waals surface area contributed by atoms with Crippen LogP contribution in [0.1, 0.15) is 12.0 Å². The lowest BCUT2D eigenvalue weighted by atomic mass is 10.1. The van der Waals surface area contributed by atoms with Crippen LogP contribution in [0.5, 0.6) is 5.75 Å². The number of benzene rings is 2. The molecule has 0 saturated heterocycles. The summed E-state index contributed by atoms with van der Waals surface area (Å²) in [4.78, 5) is 0. The van der Waals surface area contributed by atoms with E-state index >= 15 is 0 Å². The predicted octanol–water partition coefficient (Wildman–Crippen LogP) is 4.37. The molecule has 2 nitrogen and oxygen atoms in total. The van der Waals surface area contributed by atoms with Gasteiger partial charge in [-0.05, 0) is 42.3 Å². The molecular formula is C16H16Cl2O2. The van der Waals surface area contributed by atoms with E-state index in [-0.39, 0.29) is 0 Å². The summed E-state index contributed by atoms with van der Waals surface area (Å²) in [7, 11) is 0. The maximum Gasteiger partial charge on any atom is 0.119 e. The van der Waals surface area contributed by atoms with E-state index in [1.165, 1.54) is 0 Å². The SMILES string of the molecule is OC(CCOc1ccccc1)Cc1cc(Cl)ccc1Cl. The Hall–Kier alpha value is -1.22. The highest BCUT2D eigenvalue weighted by Gasteiger charge is 2.09. The number of rotatable bonds is 6. The fraction of sp³-hybridized carbons (Fsp3) is 0.250. The summed E-state index contributed by atoms with van der Waals surface area (Å²) in [5, 5.41) is 11.3. The quantitative estimate of drug-likeness (QED) is 0.858. The van der Waals surface area contributed by atoms with Gasteiger partial charge in [0.15, 0.2) is 0 Å². The first-order chi connectivity index (χ1) is 9.65. The van der Waals surface area contributed by atoms with Crippen molar-refractivity contribution in [1.29, 1.82) is 0 Å². The van der Waals surface area contributed by atoms with Crippen LogP contribution >= 0.6 is 23.2 Å². The normalized spacial score (nSPS) is 12.2. The van der Waals surface area contributed by atoms with Crippen molar-refractivity contribution < 1.29 is 9.84 Å². The second-order valence-corrected chi connectivity index (χ2v) is 5.39. The Kier molecular flexibility index (Phi) is 5.72. The second kappa shape index (κ2) is 7.53. The summed E-state index contributed by atoms with van der Waals surface area (Å²) in [6.45, 7) is 0.462. The molecule has 0 aliphatic carbocycles. The van der Waals surface area contributed by atoms with Gasteiger partial charge in [0.2, 0.25) is 0 Å². The second-order valence-electron chi connectivity index (χ2n) is 4.54. The smallest absolute Gasteiger partial charge is 0.119 e. The summed E-state index contributed by atoms with van der Waals surface area (Å²) in [5.74, 6) is 0.806. The van der Waals surface area contributed by atoms with Crippen LogP contribution in [0.3, 0.4) is 0 Å². The van der Waals surface area contributed by atoms with Gasteiger partial charge in [-0.25, -0.2) is 0 Å². The largest absolute Gasteiger partial charge is 0.493 e. The molecule has 0 heterocycles. The van der Waals surface area contributed by atoms with Crippen molar-refractivity contribution in [3.63, 3.8) is 0 Å². The summed E-state index contributed by atoms with van der Waals surface area (Å²) in [5.41, 5.74) is 0.853. The van der Waals surface area contributed by atoms with Crippen LogP contribution in [0.15, 0.2) is 48.5 Å². The van der Waals surface area contributed by atoms with E-state index in [1.54, 1.807) is 18.2 Å². The van der Waals surface area contributed by atoms with Crippen LogP contribution in [0.4, 0.5) is 0 Å². The molecule has 0 aromatic heterocycles. The molecule has 0 radical (unpaired) electrons. The monoisotopic (exact) mass is 310 g/mol. The number of hydrogen-bond donors (Lipinski definition) is 1.